The fourth-order valence-electron chi connectivity index (χ4n) is 8.10. The summed E-state index contributed by atoms with van der Waals surface area (Å²) in [7, 11) is -5.35. The van der Waals surface area contributed by atoms with Gasteiger partial charge in [0, 0.05) is 6.42 Å². The molecule has 3 unspecified atom stereocenters. The molecule has 1 heterocycles. The first-order valence-corrected chi connectivity index (χ1v) is 19.8. The highest BCUT2D eigenvalue weighted by atomic mass is 32.2. The van der Waals surface area contributed by atoms with Gasteiger partial charge in [-0.3, -0.25) is 9.59 Å². The van der Waals surface area contributed by atoms with Gasteiger partial charge in [0.2, 0.25) is 15.9 Å². The monoisotopic (exact) mass is 746 g/mol. The molecule has 0 saturated heterocycles. The van der Waals surface area contributed by atoms with E-state index in [2.05, 4.69) is 59.3 Å². The summed E-state index contributed by atoms with van der Waals surface area (Å²) in [5.41, 5.74) is -2.96. The second-order valence-electron chi connectivity index (χ2n) is 14.8. The SMILES string of the molecule is CCC(C)(C)C(=O)OC12CC3CC(C1)CC(C(=O)OC(CS(=O)(=O)[O-])C(F)(F)F)(C3)C2.c1ccc([S+]2c3ccccc3Oc3ccccc32)cc1. The quantitative estimate of drug-likeness (QED) is 0.101. The summed E-state index contributed by atoms with van der Waals surface area (Å²) in [5, 5.41) is 0. The third-order valence-corrected chi connectivity index (χ3v) is 13.5. The van der Waals surface area contributed by atoms with Gasteiger partial charge in [-0.15, -0.1) is 0 Å². The standard InChI is InChI=1S/C20H29F3O7S.C18H13OS/c1-4-17(2,3)15(24)30-19-8-12-5-13(9-19)7-18(6-12,11-19)16(25)29-14(20(21,22)23)10-31(26,27)28;1-2-8-14(9-3-1)20-17-12-6-4-10-15(17)19-16-11-5-7-13-18(16)20/h12-14H,4-11H2,1-3H3,(H,26,27,28);1-13H/q;+1/p-1. The van der Waals surface area contributed by atoms with Crippen molar-refractivity contribution in [3.63, 3.8) is 0 Å². The van der Waals surface area contributed by atoms with E-state index in [-0.39, 0.29) is 29.2 Å². The number of ether oxygens (including phenoxy) is 3. The lowest BCUT2D eigenvalue weighted by molar-refractivity contribution is -0.239. The second kappa shape index (κ2) is 13.8. The molecule has 3 aromatic carbocycles. The van der Waals surface area contributed by atoms with Crippen molar-refractivity contribution >= 4 is 33.0 Å². The smallest absolute Gasteiger partial charge is 0.426 e. The van der Waals surface area contributed by atoms with Crippen LogP contribution in [0.15, 0.2) is 93.5 Å². The molecule has 13 heteroatoms. The van der Waals surface area contributed by atoms with Gasteiger partial charge in [-0.1, -0.05) is 49.4 Å². The van der Waals surface area contributed by atoms with Crippen molar-refractivity contribution < 1.29 is 49.9 Å². The Hall–Kier alpha value is -3.55. The number of esters is 2. The predicted molar refractivity (Wildman–Crippen MR) is 182 cm³/mol. The minimum atomic E-state index is -5.27. The van der Waals surface area contributed by atoms with Gasteiger partial charge in [-0.25, -0.2) is 8.42 Å². The Bertz CT molecular complexity index is 1820. The Balaban J connectivity index is 0.000000191. The van der Waals surface area contributed by atoms with Crippen LogP contribution in [0, 0.1) is 22.7 Å². The number of carbonyl (C=O) groups is 2. The summed E-state index contributed by atoms with van der Waals surface area (Å²) < 4.78 is 89.1. The third-order valence-electron chi connectivity index (χ3n) is 10.5. The molecule has 0 spiro atoms. The molecule has 4 saturated carbocycles. The Labute approximate surface area is 299 Å². The summed E-state index contributed by atoms with van der Waals surface area (Å²) in [6.45, 7) is 5.34. The van der Waals surface area contributed by atoms with Gasteiger partial charge in [0.05, 0.1) is 26.7 Å². The number of fused-ring (bicyclic) bond motifs is 2. The lowest BCUT2D eigenvalue weighted by Gasteiger charge is -2.60. The van der Waals surface area contributed by atoms with Gasteiger partial charge in [-0.2, -0.15) is 13.2 Å². The van der Waals surface area contributed by atoms with Crippen LogP contribution < -0.4 is 4.74 Å². The molecule has 0 amide bonds. The number of alkyl halides is 3. The molecule has 0 N–H and O–H groups in total. The van der Waals surface area contributed by atoms with Crippen LogP contribution in [0.2, 0.25) is 0 Å². The number of rotatable bonds is 8. The van der Waals surface area contributed by atoms with E-state index in [1.54, 1.807) is 13.8 Å². The molecule has 274 valence electrons. The van der Waals surface area contributed by atoms with Crippen molar-refractivity contribution in [1.82, 2.24) is 0 Å². The average Bonchev–Trinajstić information content (AvgIpc) is 3.05. The Morgan fingerprint density at radius 3 is 1.94 bits per heavy atom. The number of carbonyl (C=O) groups excluding carboxylic acids is 2. The minimum Gasteiger partial charge on any atom is -0.748 e. The maximum Gasteiger partial charge on any atom is 0.426 e. The summed E-state index contributed by atoms with van der Waals surface area (Å²) in [6.07, 6.45) is -5.14. The predicted octanol–water partition coefficient (Wildman–Crippen LogP) is 8.21. The van der Waals surface area contributed by atoms with E-state index in [0.29, 0.717) is 32.1 Å². The molecule has 3 atom stereocenters. The Morgan fingerprint density at radius 2 is 1.43 bits per heavy atom. The van der Waals surface area contributed by atoms with Crippen molar-refractivity contribution in [1.29, 1.82) is 0 Å². The second-order valence-corrected chi connectivity index (χ2v) is 18.2. The van der Waals surface area contributed by atoms with Crippen LogP contribution in [0.4, 0.5) is 13.2 Å². The van der Waals surface area contributed by atoms with Crippen molar-refractivity contribution in [2.75, 3.05) is 5.75 Å². The largest absolute Gasteiger partial charge is 0.748 e. The average molecular weight is 747 g/mol. The fraction of sp³-hybridized carbons (Fsp3) is 0.474. The van der Waals surface area contributed by atoms with Crippen molar-refractivity contribution in [3.8, 4) is 11.5 Å². The fourth-order valence-corrected chi connectivity index (χ4v) is 11.0. The van der Waals surface area contributed by atoms with Crippen molar-refractivity contribution in [3.05, 3.63) is 78.9 Å². The molecule has 5 aliphatic rings. The number of hydrogen-bond acceptors (Lipinski definition) is 8. The lowest BCUT2D eigenvalue weighted by atomic mass is 9.48. The molecule has 0 radical (unpaired) electrons. The van der Waals surface area contributed by atoms with Crippen molar-refractivity contribution in [2.45, 2.75) is 98.3 Å². The topological polar surface area (TPSA) is 119 Å². The van der Waals surface area contributed by atoms with Gasteiger partial charge in [0.25, 0.3) is 0 Å². The van der Waals surface area contributed by atoms with E-state index in [9.17, 15) is 35.7 Å². The molecule has 4 bridgehead atoms. The number of para-hydroxylation sites is 2. The highest BCUT2D eigenvalue weighted by Gasteiger charge is 2.64. The molecule has 3 aromatic rings. The van der Waals surface area contributed by atoms with Gasteiger partial charge in [-0.05, 0) is 101 Å². The lowest BCUT2D eigenvalue weighted by Crippen LogP contribution is -2.61. The van der Waals surface area contributed by atoms with Gasteiger partial charge >= 0.3 is 18.1 Å². The van der Waals surface area contributed by atoms with Gasteiger partial charge in [0.1, 0.15) is 16.5 Å². The zero-order chi connectivity index (χ0) is 36.8. The van der Waals surface area contributed by atoms with E-state index in [0.717, 1.165) is 17.9 Å². The van der Waals surface area contributed by atoms with E-state index >= 15 is 0 Å². The van der Waals surface area contributed by atoms with Crippen LogP contribution >= 0.6 is 0 Å². The van der Waals surface area contributed by atoms with Crippen LogP contribution in [0.5, 0.6) is 11.5 Å². The highest BCUT2D eigenvalue weighted by molar-refractivity contribution is 7.97. The van der Waals surface area contributed by atoms with E-state index < -0.39 is 56.5 Å². The molecule has 51 heavy (non-hydrogen) atoms. The molecule has 0 aromatic heterocycles. The Kier molecular flexibility index (Phi) is 10.1. The first-order valence-electron chi connectivity index (χ1n) is 17.0. The van der Waals surface area contributed by atoms with Crippen LogP contribution in [-0.2, 0) is 40.1 Å². The van der Waals surface area contributed by atoms with Crippen molar-refractivity contribution in [2.24, 2.45) is 22.7 Å². The Morgan fingerprint density at radius 1 is 0.902 bits per heavy atom. The summed E-state index contributed by atoms with van der Waals surface area (Å²) in [5.74, 6) is -1.50. The minimum absolute atomic E-state index is 0.00100. The van der Waals surface area contributed by atoms with Crippen LogP contribution in [-0.4, -0.2) is 48.5 Å². The molecular formula is C38H41F3O8S2. The van der Waals surface area contributed by atoms with Crippen LogP contribution in [0.3, 0.4) is 0 Å². The normalized spacial score (nSPS) is 25.7. The first-order chi connectivity index (χ1) is 23.9. The van der Waals surface area contributed by atoms with E-state index in [1.165, 1.54) is 14.7 Å². The van der Waals surface area contributed by atoms with Crippen LogP contribution in [0.1, 0.15) is 65.7 Å². The zero-order valence-electron chi connectivity index (χ0n) is 28.6. The molecule has 8 nitrogen and oxygen atoms in total. The maximum absolute atomic E-state index is 13.3. The molecule has 8 rings (SSSR count). The third kappa shape index (κ3) is 7.95. The molecule has 4 aliphatic carbocycles. The van der Waals surface area contributed by atoms with Gasteiger partial charge in [0.15, 0.2) is 16.4 Å². The zero-order valence-corrected chi connectivity index (χ0v) is 30.2. The highest BCUT2D eigenvalue weighted by Crippen LogP contribution is 2.63. The summed E-state index contributed by atoms with van der Waals surface area (Å²) in [6, 6.07) is 27.3. The maximum atomic E-state index is 13.3. The van der Waals surface area contributed by atoms with Gasteiger partial charge < -0.3 is 18.8 Å². The summed E-state index contributed by atoms with van der Waals surface area (Å²) in [4.78, 5) is 29.5. The molecule has 4 fully saturated rings. The summed E-state index contributed by atoms with van der Waals surface area (Å²) >= 11 is 0. The number of benzene rings is 3. The van der Waals surface area contributed by atoms with E-state index in [1.807, 2.05) is 31.2 Å². The molecular weight excluding hydrogens is 706 g/mol. The number of halogens is 3. The molecule has 1 aliphatic heterocycles. The van der Waals surface area contributed by atoms with Crippen LogP contribution in [0.25, 0.3) is 0 Å². The van der Waals surface area contributed by atoms with E-state index in [4.69, 9.17) is 9.47 Å². The first kappa shape index (κ1) is 37.2. The number of hydrogen-bond donors (Lipinski definition) is 0.